The van der Waals surface area contributed by atoms with E-state index in [-0.39, 0.29) is 38.9 Å². The van der Waals surface area contributed by atoms with E-state index < -0.39 is 49.0 Å². The zero-order valence-corrected chi connectivity index (χ0v) is 56.1. The number of ether oxygens (including phenoxy) is 7. The lowest BCUT2D eigenvalue weighted by atomic mass is 9.97. The Bertz CT molecular complexity index is 2560. The van der Waals surface area contributed by atoms with E-state index in [4.69, 9.17) is 33.2 Å². The number of rotatable bonds is 52. The minimum absolute atomic E-state index is 0.101. The summed E-state index contributed by atoms with van der Waals surface area (Å²) in [7, 11) is 0. The predicted molar refractivity (Wildman–Crippen MR) is 371 cm³/mol. The Morgan fingerprint density at radius 1 is 0.440 bits per heavy atom. The molecule has 5 aromatic rings. The zero-order chi connectivity index (χ0) is 63.7. The van der Waals surface area contributed by atoms with Gasteiger partial charge in [-0.1, -0.05) is 345 Å². The third-order valence-corrected chi connectivity index (χ3v) is 17.5. The van der Waals surface area contributed by atoms with Crippen molar-refractivity contribution in [3.05, 3.63) is 179 Å². The Morgan fingerprint density at radius 3 is 1.23 bits per heavy atom. The van der Waals surface area contributed by atoms with Crippen LogP contribution < -0.4 is 5.32 Å². The van der Waals surface area contributed by atoms with E-state index in [0.717, 1.165) is 59.9 Å². The largest absolute Gasteiger partial charge is 0.378 e. The molecule has 1 fully saturated rings. The maximum atomic E-state index is 14.4. The van der Waals surface area contributed by atoms with Crippen LogP contribution in [0, 0.1) is 11.8 Å². The fraction of sp³-hybridized carbons (Fsp3) is 0.593. The standard InChI is InChI=1S/C81H117NO9/c1-3-5-7-9-11-13-15-17-18-19-20-21-22-23-25-27-29-31-48-60-76(84)82-73(77(86-62-69-51-39-33-40-52-69)74(83)59-47-30-28-26-24-16-14-12-10-8-6-4-2)66-90-81-80(89-65-72-57-45-36-46-58-72)79(88-64-71-55-43-35-44-56-71)78(87-63-70-53-41-34-42-54-70)75(91-81)67-85-61-68-49-37-32-38-50-68/h32-46,49-58,73-75,77-81,83H,3-31,48,60-67H2,1-2H3,(H,82,84)/t73-,74+,75+,77-,78-,79-,80+,81-/m0/s1. The van der Waals surface area contributed by atoms with E-state index in [0.29, 0.717) is 26.1 Å². The monoisotopic (exact) mass is 1250 g/mol. The molecule has 8 atom stereocenters. The van der Waals surface area contributed by atoms with Gasteiger partial charge in [0.05, 0.1) is 52.3 Å². The van der Waals surface area contributed by atoms with E-state index in [2.05, 4.69) is 31.0 Å². The normalized spacial score (nSPS) is 17.5. The summed E-state index contributed by atoms with van der Waals surface area (Å²) in [6, 6.07) is 49.4. The zero-order valence-electron chi connectivity index (χ0n) is 56.1. The molecule has 2 N–H and O–H groups in total. The highest BCUT2D eigenvalue weighted by Crippen LogP contribution is 2.33. The number of hydrogen-bond donors (Lipinski definition) is 2. The molecule has 0 aromatic heterocycles. The molecular formula is C81H117NO9. The fourth-order valence-corrected chi connectivity index (χ4v) is 12.1. The van der Waals surface area contributed by atoms with Crippen molar-refractivity contribution in [3.63, 3.8) is 0 Å². The van der Waals surface area contributed by atoms with Crippen LogP contribution in [0.15, 0.2) is 152 Å². The van der Waals surface area contributed by atoms with Gasteiger partial charge in [-0.05, 0) is 40.7 Å². The topological polar surface area (TPSA) is 114 Å². The number of carbonyl (C=O) groups is 1. The molecule has 0 unspecified atom stereocenters. The SMILES string of the molecule is CCCCCCCCCCCCC#C[C@@H](O)[C@@H](OCc1ccccc1)[C@H](CO[C@H]1O[C@H](COCc2ccccc2)[C@H](OCc2ccccc2)[C@H](OCc2ccccc2)[C@H]1OCc1ccccc1)NC(=O)CCCCCCCCCCCCCCCCCCCCC. The number of hydrogen-bond acceptors (Lipinski definition) is 9. The molecule has 10 nitrogen and oxygen atoms in total. The maximum absolute atomic E-state index is 14.4. The lowest BCUT2D eigenvalue weighted by Crippen LogP contribution is -2.62. The van der Waals surface area contributed by atoms with Crippen LogP contribution in [-0.4, -0.2) is 73.2 Å². The number of aliphatic hydroxyl groups is 1. The molecule has 1 heterocycles. The number of benzene rings is 5. The molecule has 6 rings (SSSR count). The number of amides is 1. The molecule has 0 bridgehead atoms. The van der Waals surface area contributed by atoms with E-state index in [9.17, 15) is 9.90 Å². The summed E-state index contributed by atoms with van der Waals surface area (Å²) >= 11 is 0. The molecule has 1 aliphatic heterocycles. The van der Waals surface area contributed by atoms with E-state index in [1.807, 2.05) is 152 Å². The summed E-state index contributed by atoms with van der Waals surface area (Å²) in [5.74, 6) is 6.35. The van der Waals surface area contributed by atoms with Crippen molar-refractivity contribution in [2.45, 2.75) is 295 Å². The first kappa shape index (κ1) is 74.8. The molecule has 5 aromatic carbocycles. The second-order valence-corrected chi connectivity index (χ2v) is 25.4. The van der Waals surface area contributed by atoms with Gasteiger partial charge in [-0.2, -0.15) is 0 Å². The highest BCUT2D eigenvalue weighted by Gasteiger charge is 2.50. The van der Waals surface area contributed by atoms with Crippen LogP contribution in [0.3, 0.4) is 0 Å². The average molecular weight is 1250 g/mol. The Morgan fingerprint density at radius 2 is 0.802 bits per heavy atom. The molecule has 0 spiro atoms. The Balaban J connectivity index is 1.19. The van der Waals surface area contributed by atoms with Crippen LogP contribution in [0.2, 0.25) is 0 Å². The Hall–Kier alpha value is -5.19. The number of unbranched alkanes of at least 4 members (excludes halogenated alkanes) is 28. The molecule has 500 valence electrons. The molecule has 1 amide bonds. The minimum atomic E-state index is -1.25. The summed E-state index contributed by atoms with van der Waals surface area (Å²) in [6.07, 6.45) is 31.5. The van der Waals surface area contributed by atoms with Crippen molar-refractivity contribution in [1.29, 1.82) is 0 Å². The van der Waals surface area contributed by atoms with Crippen molar-refractivity contribution < 1.29 is 43.1 Å². The molecule has 91 heavy (non-hydrogen) atoms. The average Bonchev–Trinajstić information content (AvgIpc) is 0.918. The van der Waals surface area contributed by atoms with E-state index >= 15 is 0 Å². The van der Waals surface area contributed by atoms with Gasteiger partial charge in [0.1, 0.15) is 36.6 Å². The van der Waals surface area contributed by atoms with Gasteiger partial charge in [-0.15, -0.1) is 5.92 Å². The van der Waals surface area contributed by atoms with Gasteiger partial charge in [-0.25, -0.2) is 0 Å². The summed E-state index contributed by atoms with van der Waals surface area (Å²) in [4.78, 5) is 14.4. The molecule has 1 aliphatic rings. The second kappa shape index (κ2) is 49.4. The first-order valence-electron chi connectivity index (χ1n) is 36.0. The van der Waals surface area contributed by atoms with E-state index in [1.165, 1.54) is 154 Å². The van der Waals surface area contributed by atoms with Crippen LogP contribution in [0.1, 0.15) is 241 Å². The lowest BCUT2D eigenvalue weighted by molar-refractivity contribution is -0.330. The van der Waals surface area contributed by atoms with Crippen LogP contribution in [0.4, 0.5) is 0 Å². The highest BCUT2D eigenvalue weighted by molar-refractivity contribution is 5.76. The van der Waals surface area contributed by atoms with Crippen LogP contribution in [0.5, 0.6) is 0 Å². The Labute approximate surface area is 551 Å². The van der Waals surface area contributed by atoms with Crippen molar-refractivity contribution in [1.82, 2.24) is 5.32 Å². The molecular weight excluding hydrogens is 1130 g/mol. The second-order valence-electron chi connectivity index (χ2n) is 25.4. The van der Waals surface area contributed by atoms with Gasteiger partial charge in [0.2, 0.25) is 5.91 Å². The molecule has 0 aliphatic carbocycles. The molecule has 0 radical (unpaired) electrons. The first-order chi connectivity index (χ1) is 45.0. The molecule has 1 saturated heterocycles. The fourth-order valence-electron chi connectivity index (χ4n) is 12.1. The first-order valence-corrected chi connectivity index (χ1v) is 36.0. The lowest BCUT2D eigenvalue weighted by Gasteiger charge is -2.46. The quantitative estimate of drug-likeness (QED) is 0.0290. The maximum Gasteiger partial charge on any atom is 0.220 e. The van der Waals surface area contributed by atoms with Gasteiger partial charge in [0, 0.05) is 12.8 Å². The Kier molecular flexibility index (Phi) is 40.6. The van der Waals surface area contributed by atoms with Crippen LogP contribution >= 0.6 is 0 Å². The number of nitrogens with one attached hydrogen (secondary N) is 1. The number of aliphatic hydroxyl groups excluding tert-OH is 1. The van der Waals surface area contributed by atoms with Crippen molar-refractivity contribution in [3.8, 4) is 11.8 Å². The highest BCUT2D eigenvalue weighted by atomic mass is 16.7. The van der Waals surface area contributed by atoms with Crippen LogP contribution in [-0.2, 0) is 71.0 Å². The van der Waals surface area contributed by atoms with Crippen molar-refractivity contribution in [2.75, 3.05) is 13.2 Å². The summed E-state index contributed by atoms with van der Waals surface area (Å²) in [6.45, 7) is 5.94. The van der Waals surface area contributed by atoms with Crippen molar-refractivity contribution in [2.24, 2.45) is 0 Å². The van der Waals surface area contributed by atoms with Gasteiger partial charge in [0.15, 0.2) is 6.29 Å². The summed E-state index contributed by atoms with van der Waals surface area (Å²) in [5, 5.41) is 15.6. The summed E-state index contributed by atoms with van der Waals surface area (Å²) in [5.41, 5.74) is 4.91. The minimum Gasteiger partial charge on any atom is -0.378 e. The van der Waals surface area contributed by atoms with Gasteiger partial charge < -0.3 is 43.6 Å². The predicted octanol–water partition coefficient (Wildman–Crippen LogP) is 19.3. The molecule has 0 saturated carbocycles. The molecule has 10 heteroatoms. The smallest absolute Gasteiger partial charge is 0.220 e. The van der Waals surface area contributed by atoms with Gasteiger partial charge in [-0.3, -0.25) is 4.79 Å². The third kappa shape index (κ3) is 33.0. The van der Waals surface area contributed by atoms with Crippen LogP contribution in [0.25, 0.3) is 0 Å². The van der Waals surface area contributed by atoms with E-state index in [1.54, 1.807) is 0 Å². The third-order valence-electron chi connectivity index (χ3n) is 17.5. The van der Waals surface area contributed by atoms with Gasteiger partial charge >= 0.3 is 0 Å². The number of carbonyl (C=O) groups excluding carboxylic acids is 1. The van der Waals surface area contributed by atoms with Crippen molar-refractivity contribution >= 4 is 5.91 Å². The summed E-state index contributed by atoms with van der Waals surface area (Å²) < 4.78 is 48.5. The van der Waals surface area contributed by atoms with Gasteiger partial charge in [0.25, 0.3) is 0 Å².